The Hall–Kier alpha value is -0.970. The molecule has 0 amide bonds. The fraction of sp³-hybridized carbons (Fsp3) is 0.250. The van der Waals surface area contributed by atoms with E-state index in [-0.39, 0.29) is 10.7 Å². The number of alkyl halides is 3. The van der Waals surface area contributed by atoms with E-state index in [1.807, 2.05) is 5.32 Å². The van der Waals surface area contributed by atoms with E-state index in [0.29, 0.717) is 0 Å². The summed E-state index contributed by atoms with van der Waals surface area (Å²) in [7, 11) is 0. The molecule has 0 radical (unpaired) electrons. The van der Waals surface area contributed by atoms with Crippen molar-refractivity contribution in [2.24, 2.45) is 0 Å². The summed E-state index contributed by atoms with van der Waals surface area (Å²) in [6.07, 6.45) is -4.35. The van der Waals surface area contributed by atoms with Gasteiger partial charge in [0.2, 0.25) is 0 Å². The van der Waals surface area contributed by atoms with Gasteiger partial charge in [-0.15, -0.1) is 0 Å². The first-order valence-corrected chi connectivity index (χ1v) is 4.02. The van der Waals surface area contributed by atoms with Gasteiger partial charge in [-0.1, -0.05) is 11.6 Å². The van der Waals surface area contributed by atoms with Gasteiger partial charge in [-0.05, 0) is 18.2 Å². The van der Waals surface area contributed by atoms with Gasteiger partial charge < -0.3 is 5.32 Å². The smallest absolute Gasteiger partial charge is 0.375 e. The summed E-state index contributed by atoms with van der Waals surface area (Å²) >= 11 is 5.53. The highest BCUT2D eigenvalue weighted by molar-refractivity contribution is 6.33. The molecule has 0 heterocycles. The molecule has 0 atom stereocenters. The molecule has 78 valence electrons. The highest BCUT2D eigenvalue weighted by Crippen LogP contribution is 2.24. The van der Waals surface area contributed by atoms with Gasteiger partial charge in [0.05, 0.1) is 10.7 Å². The van der Waals surface area contributed by atoms with Gasteiger partial charge in [0.1, 0.15) is 12.4 Å². The Kier molecular flexibility index (Phi) is 3.21. The molecule has 0 aliphatic heterocycles. The Labute approximate surface area is 82.7 Å². The van der Waals surface area contributed by atoms with Gasteiger partial charge in [0.15, 0.2) is 0 Å². The fourth-order valence-corrected chi connectivity index (χ4v) is 1.01. The Morgan fingerprint density at radius 3 is 2.50 bits per heavy atom. The van der Waals surface area contributed by atoms with Gasteiger partial charge in [-0.25, -0.2) is 4.39 Å². The van der Waals surface area contributed by atoms with Crippen LogP contribution in [-0.2, 0) is 0 Å². The molecule has 0 saturated carbocycles. The highest BCUT2D eigenvalue weighted by atomic mass is 35.5. The number of hydrogen-bond acceptors (Lipinski definition) is 1. The van der Waals surface area contributed by atoms with E-state index in [1.165, 1.54) is 6.07 Å². The van der Waals surface area contributed by atoms with Gasteiger partial charge in [0.25, 0.3) is 0 Å². The van der Waals surface area contributed by atoms with Gasteiger partial charge in [0, 0.05) is 0 Å². The first kappa shape index (κ1) is 11.1. The minimum atomic E-state index is -4.35. The molecular weight excluding hydrogens is 222 g/mol. The minimum Gasteiger partial charge on any atom is -0.375 e. The molecule has 0 unspecified atom stereocenters. The molecule has 1 aromatic carbocycles. The zero-order valence-electron chi connectivity index (χ0n) is 6.83. The maximum Gasteiger partial charge on any atom is 0.405 e. The second kappa shape index (κ2) is 4.04. The number of nitrogens with one attached hydrogen (secondary N) is 1. The average molecular weight is 228 g/mol. The molecule has 1 N–H and O–H groups in total. The highest BCUT2D eigenvalue weighted by Gasteiger charge is 2.26. The summed E-state index contributed by atoms with van der Waals surface area (Å²) in [4.78, 5) is 0. The molecule has 0 aliphatic rings. The van der Waals surface area contributed by atoms with Crippen LogP contribution in [-0.4, -0.2) is 12.7 Å². The van der Waals surface area contributed by atoms with Crippen LogP contribution in [0.4, 0.5) is 23.2 Å². The third-order valence-corrected chi connectivity index (χ3v) is 1.74. The van der Waals surface area contributed by atoms with E-state index in [4.69, 9.17) is 11.6 Å². The first-order chi connectivity index (χ1) is 6.38. The zero-order chi connectivity index (χ0) is 10.8. The van der Waals surface area contributed by atoms with Gasteiger partial charge in [-0.2, -0.15) is 13.2 Å². The second-order valence-corrected chi connectivity index (χ2v) is 3.00. The van der Waals surface area contributed by atoms with Crippen LogP contribution in [0.15, 0.2) is 18.2 Å². The molecule has 0 saturated heterocycles. The summed E-state index contributed by atoms with van der Waals surface area (Å²) in [6, 6.07) is 3.17. The van der Waals surface area contributed by atoms with E-state index in [9.17, 15) is 17.6 Å². The van der Waals surface area contributed by atoms with Crippen molar-refractivity contribution in [1.82, 2.24) is 0 Å². The van der Waals surface area contributed by atoms with Crippen LogP contribution < -0.4 is 5.32 Å². The molecular formula is C8H6ClF4N. The van der Waals surface area contributed by atoms with Crippen LogP contribution in [0.3, 0.4) is 0 Å². The number of hydrogen-bond donors (Lipinski definition) is 1. The van der Waals surface area contributed by atoms with E-state index >= 15 is 0 Å². The molecule has 1 rings (SSSR count). The molecule has 1 aromatic rings. The van der Waals surface area contributed by atoms with E-state index in [2.05, 4.69) is 0 Å². The summed E-state index contributed by atoms with van der Waals surface area (Å²) in [5.41, 5.74) is -0.0657. The van der Waals surface area contributed by atoms with Crippen molar-refractivity contribution >= 4 is 17.3 Å². The average Bonchev–Trinajstić information content (AvgIpc) is 2.05. The van der Waals surface area contributed by atoms with Crippen molar-refractivity contribution in [2.45, 2.75) is 6.18 Å². The van der Waals surface area contributed by atoms with Crippen LogP contribution in [0.1, 0.15) is 0 Å². The van der Waals surface area contributed by atoms with E-state index < -0.39 is 18.5 Å². The fourth-order valence-electron chi connectivity index (χ4n) is 0.828. The number of anilines is 1. The normalized spacial score (nSPS) is 11.5. The lowest BCUT2D eigenvalue weighted by Gasteiger charge is -2.10. The lowest BCUT2D eigenvalue weighted by atomic mass is 10.3. The third-order valence-electron chi connectivity index (χ3n) is 1.41. The predicted octanol–water partition coefficient (Wildman–Crippen LogP) is 3.45. The SMILES string of the molecule is Fc1ccc(Cl)c(NCC(F)(F)F)c1. The lowest BCUT2D eigenvalue weighted by molar-refractivity contribution is -0.115. The first-order valence-electron chi connectivity index (χ1n) is 3.64. The molecule has 0 fully saturated rings. The van der Waals surface area contributed by atoms with Gasteiger partial charge in [-0.3, -0.25) is 0 Å². The van der Waals surface area contributed by atoms with Crippen molar-refractivity contribution in [3.8, 4) is 0 Å². The van der Waals surface area contributed by atoms with Gasteiger partial charge >= 0.3 is 6.18 Å². The van der Waals surface area contributed by atoms with Crippen LogP contribution >= 0.6 is 11.6 Å². The van der Waals surface area contributed by atoms with Crippen LogP contribution in [0.5, 0.6) is 0 Å². The lowest BCUT2D eigenvalue weighted by Crippen LogP contribution is -2.21. The van der Waals surface area contributed by atoms with Crippen molar-refractivity contribution in [1.29, 1.82) is 0 Å². The van der Waals surface area contributed by atoms with E-state index in [0.717, 1.165) is 12.1 Å². The summed E-state index contributed by atoms with van der Waals surface area (Å²) in [5, 5.41) is 2.05. The van der Waals surface area contributed by atoms with Crippen molar-refractivity contribution in [3.05, 3.63) is 29.0 Å². The number of halogens is 5. The quantitative estimate of drug-likeness (QED) is 0.763. The standard InChI is InChI=1S/C8H6ClF4N/c9-6-2-1-5(10)3-7(6)14-4-8(11,12)13/h1-3,14H,4H2. The Bertz CT molecular complexity index is 324. The number of benzene rings is 1. The maximum absolute atomic E-state index is 12.6. The van der Waals surface area contributed by atoms with Crippen LogP contribution in [0, 0.1) is 5.82 Å². The molecule has 14 heavy (non-hydrogen) atoms. The van der Waals surface area contributed by atoms with Crippen molar-refractivity contribution in [2.75, 3.05) is 11.9 Å². The summed E-state index contributed by atoms with van der Waals surface area (Å²) in [5.74, 6) is -0.640. The maximum atomic E-state index is 12.6. The largest absolute Gasteiger partial charge is 0.405 e. The van der Waals surface area contributed by atoms with Crippen LogP contribution in [0.25, 0.3) is 0 Å². The van der Waals surface area contributed by atoms with Crippen LogP contribution in [0.2, 0.25) is 5.02 Å². The molecule has 6 heteroatoms. The Morgan fingerprint density at radius 2 is 1.93 bits per heavy atom. The minimum absolute atomic E-state index is 0.0515. The Morgan fingerprint density at radius 1 is 1.29 bits per heavy atom. The zero-order valence-corrected chi connectivity index (χ0v) is 7.58. The summed E-state index contributed by atoms with van der Waals surface area (Å²) < 4.78 is 47.9. The number of rotatable bonds is 2. The molecule has 0 aliphatic carbocycles. The van der Waals surface area contributed by atoms with E-state index in [1.54, 1.807) is 0 Å². The van der Waals surface area contributed by atoms with Crippen molar-refractivity contribution < 1.29 is 17.6 Å². The second-order valence-electron chi connectivity index (χ2n) is 2.59. The molecule has 1 nitrogen and oxygen atoms in total. The third kappa shape index (κ3) is 3.41. The van der Waals surface area contributed by atoms with Crippen molar-refractivity contribution in [3.63, 3.8) is 0 Å². The predicted molar refractivity (Wildman–Crippen MR) is 46.0 cm³/mol. The monoisotopic (exact) mass is 227 g/mol. The topological polar surface area (TPSA) is 12.0 Å². The Balaban J connectivity index is 2.72. The summed E-state index contributed by atoms with van der Waals surface area (Å²) in [6.45, 7) is -1.24. The molecule has 0 aromatic heterocycles. The molecule has 0 spiro atoms. The molecule has 0 bridgehead atoms.